The molecule has 0 saturated heterocycles. The number of ether oxygens (including phenoxy) is 1. The number of anilines is 1. The molecule has 1 amide bonds. The van der Waals surface area contributed by atoms with E-state index in [-0.39, 0.29) is 12.5 Å². The van der Waals surface area contributed by atoms with Crippen molar-refractivity contribution in [1.82, 2.24) is 0 Å². The van der Waals surface area contributed by atoms with E-state index >= 15 is 0 Å². The lowest BCUT2D eigenvalue weighted by Gasteiger charge is -2.11. The molecule has 5 heteroatoms. The number of rotatable bonds is 5. The van der Waals surface area contributed by atoms with E-state index in [1.165, 1.54) is 0 Å². The molecule has 2 aromatic carbocycles. The number of nitrogens with one attached hydrogen (secondary N) is 1. The molecule has 0 fully saturated rings. The third-order valence-corrected chi connectivity index (χ3v) is 3.91. The molecule has 0 aliphatic carbocycles. The third kappa shape index (κ3) is 4.41. The highest BCUT2D eigenvalue weighted by Gasteiger charge is 2.08. The number of hydrogen-bond acceptors (Lipinski definition) is 3. The molecule has 1 N–H and O–H groups in total. The Hall–Kier alpha value is -1.65. The smallest absolute Gasteiger partial charge is 0.262 e. The normalized spacial score (nSPS) is 10.2. The molecule has 0 radical (unpaired) electrons. The van der Waals surface area contributed by atoms with E-state index in [1.54, 1.807) is 30.0 Å². The van der Waals surface area contributed by atoms with E-state index < -0.39 is 0 Å². The topological polar surface area (TPSA) is 38.3 Å². The maximum absolute atomic E-state index is 12.0. The predicted octanol–water partition coefficient (Wildman–Crippen LogP) is 4.39. The first-order valence-electron chi connectivity index (χ1n) is 6.42. The van der Waals surface area contributed by atoms with Gasteiger partial charge in [0.1, 0.15) is 5.75 Å². The molecule has 0 aliphatic rings. The molecule has 2 rings (SSSR count). The van der Waals surface area contributed by atoms with Crippen LogP contribution >= 0.6 is 23.4 Å². The van der Waals surface area contributed by atoms with E-state index in [9.17, 15) is 4.79 Å². The van der Waals surface area contributed by atoms with Crippen molar-refractivity contribution in [2.24, 2.45) is 0 Å². The first-order valence-corrected chi connectivity index (χ1v) is 8.02. The fraction of sp³-hybridized carbons (Fsp3) is 0.188. The Labute approximate surface area is 133 Å². The minimum absolute atomic E-state index is 0.0365. The number of carbonyl (C=O) groups is 1. The molecule has 0 atom stereocenters. The highest BCUT2D eigenvalue weighted by Crippen LogP contribution is 2.25. The minimum Gasteiger partial charge on any atom is -0.483 e. The second kappa shape index (κ2) is 7.38. The van der Waals surface area contributed by atoms with Crippen LogP contribution in [-0.4, -0.2) is 18.8 Å². The van der Waals surface area contributed by atoms with Gasteiger partial charge in [-0.15, -0.1) is 11.8 Å². The van der Waals surface area contributed by atoms with Crippen LogP contribution in [-0.2, 0) is 4.79 Å². The van der Waals surface area contributed by atoms with Gasteiger partial charge in [0.25, 0.3) is 5.91 Å². The molecule has 110 valence electrons. The predicted molar refractivity (Wildman–Crippen MR) is 88.5 cm³/mol. The van der Waals surface area contributed by atoms with Gasteiger partial charge in [-0.05, 0) is 49.1 Å². The number of amides is 1. The van der Waals surface area contributed by atoms with Gasteiger partial charge in [-0.1, -0.05) is 23.7 Å². The maximum Gasteiger partial charge on any atom is 0.262 e. The third-order valence-electron chi connectivity index (χ3n) is 2.88. The number of carbonyl (C=O) groups excluding carboxylic acids is 1. The molecule has 21 heavy (non-hydrogen) atoms. The van der Waals surface area contributed by atoms with Crippen LogP contribution in [0.3, 0.4) is 0 Å². The summed E-state index contributed by atoms with van der Waals surface area (Å²) in [6.07, 6.45) is 1.97. The van der Waals surface area contributed by atoms with Gasteiger partial charge in [0, 0.05) is 9.92 Å². The van der Waals surface area contributed by atoms with Gasteiger partial charge in [0.2, 0.25) is 0 Å². The average Bonchev–Trinajstić information content (AvgIpc) is 2.47. The van der Waals surface area contributed by atoms with Gasteiger partial charge in [0.05, 0.1) is 5.69 Å². The second-order valence-corrected chi connectivity index (χ2v) is 5.73. The minimum atomic E-state index is -0.189. The first kappa shape index (κ1) is 15.7. The Kier molecular flexibility index (Phi) is 5.53. The van der Waals surface area contributed by atoms with E-state index in [4.69, 9.17) is 16.3 Å². The molecular weight excluding hydrogens is 306 g/mol. The van der Waals surface area contributed by atoms with E-state index in [2.05, 4.69) is 5.32 Å². The highest BCUT2D eigenvalue weighted by molar-refractivity contribution is 7.98. The Balaban J connectivity index is 1.96. The van der Waals surface area contributed by atoms with Crippen molar-refractivity contribution < 1.29 is 9.53 Å². The lowest BCUT2D eigenvalue weighted by Crippen LogP contribution is -2.20. The summed E-state index contributed by atoms with van der Waals surface area (Å²) < 4.78 is 5.52. The number of thioether (sulfide) groups is 1. The molecule has 0 bridgehead atoms. The summed E-state index contributed by atoms with van der Waals surface area (Å²) in [5.41, 5.74) is 1.70. The number of para-hydroxylation sites is 1. The summed E-state index contributed by atoms with van der Waals surface area (Å²) in [5.74, 6) is 0.471. The van der Waals surface area contributed by atoms with Gasteiger partial charge < -0.3 is 10.1 Å². The van der Waals surface area contributed by atoms with E-state index in [1.807, 2.05) is 37.4 Å². The van der Waals surface area contributed by atoms with Crippen LogP contribution in [0.5, 0.6) is 5.75 Å². The molecule has 2 aromatic rings. The summed E-state index contributed by atoms with van der Waals surface area (Å²) in [6.45, 7) is 1.85. The summed E-state index contributed by atoms with van der Waals surface area (Å²) in [5, 5.41) is 3.50. The Morgan fingerprint density at radius 1 is 1.29 bits per heavy atom. The van der Waals surface area contributed by atoms with Crippen LogP contribution in [0.2, 0.25) is 5.02 Å². The monoisotopic (exact) mass is 321 g/mol. The fourth-order valence-electron chi connectivity index (χ4n) is 1.85. The van der Waals surface area contributed by atoms with Crippen molar-refractivity contribution in [3.05, 3.63) is 53.1 Å². The van der Waals surface area contributed by atoms with Crippen LogP contribution < -0.4 is 10.1 Å². The zero-order chi connectivity index (χ0) is 15.2. The quantitative estimate of drug-likeness (QED) is 0.830. The lowest BCUT2D eigenvalue weighted by molar-refractivity contribution is -0.118. The number of hydrogen-bond donors (Lipinski definition) is 1. The summed E-state index contributed by atoms with van der Waals surface area (Å²) in [6, 6.07) is 13.0. The van der Waals surface area contributed by atoms with Crippen LogP contribution in [0.1, 0.15) is 5.56 Å². The molecule has 0 heterocycles. The summed E-state index contributed by atoms with van der Waals surface area (Å²) in [4.78, 5) is 13.0. The maximum atomic E-state index is 12.0. The van der Waals surface area contributed by atoms with Crippen LogP contribution in [0.15, 0.2) is 47.4 Å². The van der Waals surface area contributed by atoms with Gasteiger partial charge >= 0.3 is 0 Å². The van der Waals surface area contributed by atoms with Crippen LogP contribution in [0.4, 0.5) is 5.69 Å². The highest BCUT2D eigenvalue weighted by atomic mass is 35.5. The van der Waals surface area contributed by atoms with Crippen molar-refractivity contribution in [3.63, 3.8) is 0 Å². The van der Waals surface area contributed by atoms with Crippen LogP contribution in [0.25, 0.3) is 0 Å². The zero-order valence-electron chi connectivity index (χ0n) is 11.9. The van der Waals surface area contributed by atoms with Gasteiger partial charge in [0.15, 0.2) is 6.61 Å². The largest absolute Gasteiger partial charge is 0.483 e. The Morgan fingerprint density at radius 3 is 2.76 bits per heavy atom. The molecule has 0 unspecified atom stereocenters. The summed E-state index contributed by atoms with van der Waals surface area (Å²) >= 11 is 7.47. The molecule has 0 aliphatic heterocycles. The number of benzene rings is 2. The number of aryl methyl sites for hydroxylation is 1. The van der Waals surface area contributed by atoms with Crippen molar-refractivity contribution in [3.8, 4) is 5.75 Å². The standard InChI is InChI=1S/C16H16ClNO2S/c1-11-9-12(17)7-8-14(11)20-10-16(19)18-13-5-3-4-6-15(13)21-2/h3-9H,10H2,1-2H3,(H,18,19). The van der Waals surface area contributed by atoms with Gasteiger partial charge in [-0.3, -0.25) is 4.79 Å². The van der Waals surface area contributed by atoms with Crippen molar-refractivity contribution in [2.45, 2.75) is 11.8 Å². The van der Waals surface area contributed by atoms with E-state index in [0.29, 0.717) is 10.8 Å². The van der Waals surface area contributed by atoms with Crippen LogP contribution in [0, 0.1) is 6.92 Å². The second-order valence-electron chi connectivity index (χ2n) is 4.45. The first-order chi connectivity index (χ1) is 10.1. The van der Waals surface area contributed by atoms with Crippen molar-refractivity contribution >= 4 is 35.0 Å². The average molecular weight is 322 g/mol. The Bertz CT molecular complexity index is 646. The molecular formula is C16H16ClNO2S. The summed E-state index contributed by atoms with van der Waals surface area (Å²) in [7, 11) is 0. The van der Waals surface area contributed by atoms with E-state index in [0.717, 1.165) is 16.1 Å². The molecule has 0 spiro atoms. The molecule has 0 aromatic heterocycles. The van der Waals surface area contributed by atoms with Gasteiger partial charge in [-0.25, -0.2) is 0 Å². The number of halogens is 1. The van der Waals surface area contributed by atoms with Gasteiger partial charge in [-0.2, -0.15) is 0 Å². The Morgan fingerprint density at radius 2 is 2.05 bits per heavy atom. The molecule has 0 saturated carbocycles. The zero-order valence-corrected chi connectivity index (χ0v) is 13.4. The lowest BCUT2D eigenvalue weighted by atomic mass is 10.2. The van der Waals surface area contributed by atoms with Crippen molar-refractivity contribution in [2.75, 3.05) is 18.2 Å². The SMILES string of the molecule is CSc1ccccc1NC(=O)COc1ccc(Cl)cc1C. The fourth-order valence-corrected chi connectivity index (χ4v) is 2.63. The van der Waals surface area contributed by atoms with Crippen molar-refractivity contribution in [1.29, 1.82) is 0 Å². The molecule has 3 nitrogen and oxygen atoms in total.